The summed E-state index contributed by atoms with van der Waals surface area (Å²) >= 11 is 2.29. The van der Waals surface area contributed by atoms with Crippen molar-refractivity contribution in [1.82, 2.24) is 14.5 Å². The van der Waals surface area contributed by atoms with Crippen LogP contribution >= 0.6 is 28.4 Å². The van der Waals surface area contributed by atoms with Crippen LogP contribution in [0.1, 0.15) is 5.69 Å². The Morgan fingerprint density at radius 3 is 2.93 bits per heavy atom. The number of nitrogens with zero attached hydrogens (tertiary/aromatic N) is 3. The van der Waals surface area contributed by atoms with Crippen molar-refractivity contribution in [2.75, 3.05) is 7.11 Å². The summed E-state index contributed by atoms with van der Waals surface area (Å²) in [5, 5.41) is 5.48. The minimum Gasteiger partial charge on any atom is -0.481 e. The van der Waals surface area contributed by atoms with Crippen LogP contribution in [0.3, 0.4) is 0 Å². The fraction of sp³-hybridized carbons (Fsp3) is 0.250. The number of rotatable bonds is 2. The highest BCUT2D eigenvalue weighted by Gasteiger charge is 2.08. The molecule has 0 spiro atoms. The van der Waals surface area contributed by atoms with E-state index in [0.717, 1.165) is 16.7 Å². The van der Waals surface area contributed by atoms with Gasteiger partial charge >= 0.3 is 0 Å². The molecule has 0 amide bonds. The van der Waals surface area contributed by atoms with Crippen LogP contribution in [0.5, 0.6) is 5.88 Å². The van der Waals surface area contributed by atoms with Crippen molar-refractivity contribution >= 4 is 39.4 Å². The van der Waals surface area contributed by atoms with Gasteiger partial charge in [0, 0.05) is 11.5 Å². The molecule has 1 atom stereocenters. The van der Waals surface area contributed by atoms with Crippen LogP contribution in [-0.2, 0) is 0 Å². The van der Waals surface area contributed by atoms with Crippen LogP contribution in [0.4, 0.5) is 0 Å². The van der Waals surface area contributed by atoms with Gasteiger partial charge < -0.3 is 4.74 Å². The number of ether oxygens (including phenoxy) is 1. The van der Waals surface area contributed by atoms with Crippen molar-refractivity contribution in [3.05, 3.63) is 17.8 Å². The van der Waals surface area contributed by atoms with Crippen LogP contribution < -0.4 is 4.74 Å². The summed E-state index contributed by atoms with van der Waals surface area (Å²) in [7, 11) is 1.62. The quantitative estimate of drug-likeness (QED) is 0.630. The van der Waals surface area contributed by atoms with Gasteiger partial charge in [-0.2, -0.15) is 10.1 Å². The molecule has 0 bridgehead atoms. The number of hydrogen-bond donors (Lipinski definition) is 0. The van der Waals surface area contributed by atoms with Gasteiger partial charge in [-0.05, 0) is 35.0 Å². The lowest BCUT2D eigenvalue weighted by Gasteiger charge is -1.99. The van der Waals surface area contributed by atoms with E-state index in [1.165, 1.54) is 0 Å². The second-order valence-corrected chi connectivity index (χ2v) is 4.85. The molecule has 14 heavy (non-hydrogen) atoms. The number of aryl methyl sites for hydroxylation is 1. The number of aromatic nitrogens is 3. The maximum Gasteiger partial charge on any atom is 0.215 e. The van der Waals surface area contributed by atoms with Gasteiger partial charge in [0.05, 0.1) is 19.2 Å². The highest BCUT2D eigenvalue weighted by molar-refractivity contribution is 14.2. The van der Waals surface area contributed by atoms with Crippen molar-refractivity contribution in [3.63, 3.8) is 0 Å². The monoisotopic (exact) mass is 321 g/mol. The molecule has 0 saturated heterocycles. The van der Waals surface area contributed by atoms with Crippen molar-refractivity contribution in [3.8, 4) is 5.88 Å². The maximum atomic E-state index is 5.08. The lowest BCUT2D eigenvalue weighted by Crippen LogP contribution is -1.90. The Labute approximate surface area is 96.4 Å². The van der Waals surface area contributed by atoms with Crippen LogP contribution in [0.25, 0.3) is 11.0 Å². The van der Waals surface area contributed by atoms with Crippen molar-refractivity contribution in [2.45, 2.75) is 6.92 Å². The first-order chi connectivity index (χ1) is 6.76. The molecule has 1 unspecified atom stereocenters. The topological polar surface area (TPSA) is 39.9 Å². The zero-order chi connectivity index (χ0) is 10.1. The molecule has 0 radical (unpaired) electrons. The second kappa shape index (κ2) is 3.98. The zero-order valence-corrected chi connectivity index (χ0v) is 10.9. The molecule has 0 aliphatic rings. The Hall–Kier alpha value is -0.420. The summed E-state index contributed by atoms with van der Waals surface area (Å²) in [5.74, 6) is 0.633. The summed E-state index contributed by atoms with van der Waals surface area (Å²) in [6.07, 6.45) is 0.560. The number of halogens is 1. The summed E-state index contributed by atoms with van der Waals surface area (Å²) in [6.45, 7) is 1.99. The second-order valence-electron chi connectivity index (χ2n) is 2.81. The summed E-state index contributed by atoms with van der Waals surface area (Å²) < 4.78 is 6.98. The Bertz CT molecular complexity index is 471. The number of pyridine rings is 1. The van der Waals surface area contributed by atoms with E-state index >= 15 is 0 Å². The molecule has 74 valence electrons. The minimum absolute atomic E-state index is 0.560. The standard InChI is InChI=1S/C8H9IN3OP/c1-5-6-3-4-7(13-2)10-8(6)12(11-5)14-9/h3-4,14H,1-2H3. The van der Waals surface area contributed by atoms with Gasteiger partial charge in [-0.15, -0.1) is 0 Å². The largest absolute Gasteiger partial charge is 0.481 e. The molecular formula is C8H9IN3OP. The fourth-order valence-corrected chi connectivity index (χ4v) is 2.75. The third kappa shape index (κ3) is 1.59. The van der Waals surface area contributed by atoms with E-state index < -0.39 is 0 Å². The molecule has 0 aromatic carbocycles. The predicted octanol–water partition coefficient (Wildman–Crippen LogP) is 2.54. The number of methoxy groups -OCH3 is 1. The zero-order valence-electron chi connectivity index (χ0n) is 7.78. The van der Waals surface area contributed by atoms with E-state index in [2.05, 4.69) is 32.1 Å². The lowest BCUT2D eigenvalue weighted by atomic mass is 10.3. The highest BCUT2D eigenvalue weighted by atomic mass is 127. The maximum absolute atomic E-state index is 5.08. The van der Waals surface area contributed by atoms with Crippen molar-refractivity contribution < 1.29 is 4.74 Å². The first kappa shape index (κ1) is 10.1. The molecule has 2 aromatic heterocycles. The molecule has 2 aromatic rings. The summed E-state index contributed by atoms with van der Waals surface area (Å²) in [6, 6.07) is 3.86. The molecule has 0 N–H and O–H groups in total. The first-order valence-electron chi connectivity index (χ1n) is 4.03. The van der Waals surface area contributed by atoms with Crippen molar-refractivity contribution in [1.29, 1.82) is 0 Å². The molecule has 4 nitrogen and oxygen atoms in total. The molecule has 6 heteroatoms. The van der Waals surface area contributed by atoms with E-state index in [-0.39, 0.29) is 0 Å². The van der Waals surface area contributed by atoms with E-state index in [9.17, 15) is 0 Å². The molecular weight excluding hydrogens is 312 g/mol. The van der Waals surface area contributed by atoms with Crippen LogP contribution in [0.2, 0.25) is 0 Å². The Morgan fingerprint density at radius 2 is 2.29 bits per heavy atom. The van der Waals surface area contributed by atoms with Gasteiger partial charge in [-0.3, -0.25) is 0 Å². The van der Waals surface area contributed by atoms with E-state index in [1.807, 2.05) is 23.5 Å². The number of fused-ring (bicyclic) bond motifs is 1. The van der Waals surface area contributed by atoms with Gasteiger partial charge in [-0.1, -0.05) is 0 Å². The molecule has 0 fully saturated rings. The van der Waals surface area contributed by atoms with Crippen LogP contribution in [0.15, 0.2) is 12.1 Å². The molecule has 0 saturated carbocycles. The predicted molar refractivity (Wildman–Crippen MR) is 66.6 cm³/mol. The van der Waals surface area contributed by atoms with Gasteiger partial charge in [0.1, 0.15) is 0 Å². The summed E-state index contributed by atoms with van der Waals surface area (Å²) in [5.41, 5.74) is 1.91. The van der Waals surface area contributed by atoms with Gasteiger partial charge in [-0.25, -0.2) is 4.45 Å². The summed E-state index contributed by atoms with van der Waals surface area (Å²) in [4.78, 5) is 4.37. The van der Waals surface area contributed by atoms with Crippen molar-refractivity contribution in [2.24, 2.45) is 0 Å². The van der Waals surface area contributed by atoms with Gasteiger partial charge in [0.2, 0.25) is 5.88 Å². The molecule has 0 aliphatic heterocycles. The average molecular weight is 321 g/mol. The normalized spacial score (nSPS) is 11.6. The Morgan fingerprint density at radius 1 is 1.50 bits per heavy atom. The average Bonchev–Trinajstić information content (AvgIpc) is 2.55. The van der Waals surface area contributed by atoms with E-state index in [4.69, 9.17) is 4.74 Å². The van der Waals surface area contributed by atoms with Crippen LogP contribution in [-0.4, -0.2) is 21.6 Å². The fourth-order valence-electron chi connectivity index (χ4n) is 1.30. The Kier molecular flexibility index (Phi) is 2.88. The van der Waals surface area contributed by atoms with Crippen LogP contribution in [0, 0.1) is 6.92 Å². The SMILES string of the molecule is COc1ccc2c(C)nn(PI)c2n1. The minimum atomic E-state index is 0.560. The lowest BCUT2D eigenvalue weighted by molar-refractivity contribution is 0.399. The smallest absolute Gasteiger partial charge is 0.215 e. The molecule has 2 rings (SSSR count). The third-order valence-electron chi connectivity index (χ3n) is 1.98. The molecule has 2 heterocycles. The van der Waals surface area contributed by atoms with Gasteiger partial charge in [0.25, 0.3) is 0 Å². The number of hydrogen-bond acceptors (Lipinski definition) is 3. The van der Waals surface area contributed by atoms with E-state index in [1.54, 1.807) is 7.11 Å². The first-order valence-corrected chi connectivity index (χ1v) is 8.09. The Balaban J connectivity index is 2.71. The highest BCUT2D eigenvalue weighted by Crippen LogP contribution is 2.29. The third-order valence-corrected chi connectivity index (χ3v) is 3.82. The molecule has 0 aliphatic carbocycles. The van der Waals surface area contributed by atoms with Gasteiger partial charge in [0.15, 0.2) is 5.65 Å². The van der Waals surface area contributed by atoms with E-state index in [0.29, 0.717) is 12.3 Å².